The third kappa shape index (κ3) is 5.33. The van der Waals surface area contributed by atoms with E-state index < -0.39 is 0 Å². The van der Waals surface area contributed by atoms with Crippen LogP contribution in [0.25, 0.3) is 43.4 Å². The van der Waals surface area contributed by atoms with Gasteiger partial charge in [-0.1, -0.05) is 193 Å². The standard InChI is InChI=1S/C48H57B/c1-44(2,3)31-24-34-41-33-22-21-29-18-16-17-28-19-20-30(40(33)39(28)29)23-38(41)49(42(34)35(25-31)46(7,8)9)43-36(47(10,11)12)26-32(45(4,5)6)27-37(43)48(13,14)15/h16-27H,1-15H3. The summed E-state index contributed by atoms with van der Waals surface area (Å²) >= 11 is 0. The summed E-state index contributed by atoms with van der Waals surface area (Å²) in [5, 5.41) is 8.21. The maximum absolute atomic E-state index is 2.59. The summed E-state index contributed by atoms with van der Waals surface area (Å²) in [6.07, 6.45) is 0. The van der Waals surface area contributed by atoms with Crippen molar-refractivity contribution in [2.24, 2.45) is 0 Å². The van der Waals surface area contributed by atoms with Crippen molar-refractivity contribution in [2.75, 3.05) is 0 Å². The van der Waals surface area contributed by atoms with Crippen molar-refractivity contribution in [1.82, 2.24) is 0 Å². The normalized spacial score (nSPS) is 14.4. The lowest BCUT2D eigenvalue weighted by molar-refractivity contribution is 0.553. The molecule has 6 aromatic carbocycles. The average Bonchev–Trinajstić information content (AvgIpc) is 3.30. The molecular weight excluding hydrogens is 587 g/mol. The van der Waals surface area contributed by atoms with Gasteiger partial charge in [0.1, 0.15) is 0 Å². The van der Waals surface area contributed by atoms with Crippen LogP contribution in [-0.2, 0) is 27.1 Å². The van der Waals surface area contributed by atoms with Crippen molar-refractivity contribution in [2.45, 2.75) is 131 Å². The van der Waals surface area contributed by atoms with E-state index in [9.17, 15) is 0 Å². The van der Waals surface area contributed by atoms with Gasteiger partial charge in [-0.2, -0.15) is 0 Å². The van der Waals surface area contributed by atoms with Gasteiger partial charge in [0.2, 0.25) is 6.71 Å². The lowest BCUT2D eigenvalue weighted by Gasteiger charge is -2.37. The number of rotatable bonds is 1. The Bertz CT molecular complexity index is 2230. The van der Waals surface area contributed by atoms with Gasteiger partial charge in [-0.05, 0) is 98.3 Å². The summed E-state index contributed by atoms with van der Waals surface area (Å²) in [6.45, 7) is 36.2. The van der Waals surface area contributed by atoms with Crippen LogP contribution in [0.1, 0.15) is 132 Å². The average molecular weight is 645 g/mol. The number of hydrogen-bond donors (Lipinski definition) is 0. The second-order valence-electron chi connectivity index (χ2n) is 20.3. The molecule has 7 rings (SSSR count). The number of hydrogen-bond acceptors (Lipinski definition) is 0. The van der Waals surface area contributed by atoms with Gasteiger partial charge in [-0.15, -0.1) is 0 Å². The van der Waals surface area contributed by atoms with E-state index in [-0.39, 0.29) is 33.8 Å². The van der Waals surface area contributed by atoms with E-state index in [1.807, 2.05) is 0 Å². The molecule has 1 heteroatoms. The molecule has 0 fully saturated rings. The van der Waals surface area contributed by atoms with Gasteiger partial charge < -0.3 is 0 Å². The van der Waals surface area contributed by atoms with E-state index in [4.69, 9.17) is 0 Å². The molecule has 0 atom stereocenters. The van der Waals surface area contributed by atoms with Gasteiger partial charge in [-0.25, -0.2) is 0 Å². The van der Waals surface area contributed by atoms with Gasteiger partial charge in [0, 0.05) is 0 Å². The van der Waals surface area contributed by atoms with Crippen LogP contribution in [0.5, 0.6) is 0 Å². The molecule has 1 heterocycles. The zero-order valence-electron chi connectivity index (χ0n) is 33.0. The molecule has 0 amide bonds. The van der Waals surface area contributed by atoms with Gasteiger partial charge in [0.05, 0.1) is 0 Å². The first-order chi connectivity index (χ1) is 22.5. The van der Waals surface area contributed by atoms with Gasteiger partial charge >= 0.3 is 0 Å². The fourth-order valence-corrected chi connectivity index (χ4v) is 8.68. The molecule has 49 heavy (non-hydrogen) atoms. The Hall–Kier alpha value is -3.58. The predicted octanol–water partition coefficient (Wildman–Crippen LogP) is 11.6. The second-order valence-corrected chi connectivity index (χ2v) is 20.3. The monoisotopic (exact) mass is 644 g/mol. The van der Waals surface area contributed by atoms with E-state index in [0.717, 1.165) is 0 Å². The molecule has 0 saturated carbocycles. The van der Waals surface area contributed by atoms with E-state index in [2.05, 4.69) is 177 Å². The van der Waals surface area contributed by atoms with Crippen LogP contribution in [0.2, 0.25) is 0 Å². The number of benzene rings is 6. The van der Waals surface area contributed by atoms with Crippen LogP contribution < -0.4 is 16.4 Å². The molecule has 0 radical (unpaired) electrons. The highest BCUT2D eigenvalue weighted by atomic mass is 14.4. The van der Waals surface area contributed by atoms with Crippen molar-refractivity contribution in [1.29, 1.82) is 0 Å². The minimum Gasteiger partial charge on any atom is -0.0613 e. The minimum absolute atomic E-state index is 0.0264. The van der Waals surface area contributed by atoms with Gasteiger partial charge in [0.15, 0.2) is 0 Å². The molecule has 0 saturated heterocycles. The molecule has 252 valence electrons. The summed E-state index contributed by atoms with van der Waals surface area (Å²) in [4.78, 5) is 0. The summed E-state index contributed by atoms with van der Waals surface area (Å²) in [6, 6.07) is 29.2. The molecule has 0 spiro atoms. The first kappa shape index (κ1) is 33.9. The minimum atomic E-state index is -0.0388. The summed E-state index contributed by atoms with van der Waals surface area (Å²) < 4.78 is 0. The van der Waals surface area contributed by atoms with Crippen LogP contribution in [0.15, 0.2) is 72.8 Å². The van der Waals surface area contributed by atoms with Crippen LogP contribution in [0.4, 0.5) is 0 Å². The van der Waals surface area contributed by atoms with Crippen molar-refractivity contribution >= 4 is 55.4 Å². The Labute approximate surface area is 297 Å². The molecule has 0 nitrogen and oxygen atoms in total. The SMILES string of the molecule is CC(C)(C)c1cc2c(c(C(C)(C)C)c1)B(c1c(C(C)(C)C)cc(C(C)(C)C)cc1C(C)(C)C)c1cc3ccc4cccc5ccc(c1-2)c3c45. The zero-order valence-corrected chi connectivity index (χ0v) is 33.0. The topological polar surface area (TPSA) is 0 Å². The third-order valence-electron chi connectivity index (χ3n) is 11.4. The summed E-state index contributed by atoms with van der Waals surface area (Å²) in [5.41, 5.74) is 14.7. The van der Waals surface area contributed by atoms with Crippen LogP contribution >= 0.6 is 0 Å². The van der Waals surface area contributed by atoms with Crippen LogP contribution in [0.3, 0.4) is 0 Å². The Morgan fingerprint density at radius 2 is 0.857 bits per heavy atom. The first-order valence-electron chi connectivity index (χ1n) is 18.6. The molecule has 0 N–H and O–H groups in total. The lowest BCUT2D eigenvalue weighted by atomic mass is 9.34. The molecule has 1 aliphatic rings. The maximum Gasteiger partial charge on any atom is 0.244 e. The second kappa shape index (κ2) is 10.5. The predicted molar refractivity (Wildman–Crippen MR) is 220 cm³/mol. The fourth-order valence-electron chi connectivity index (χ4n) is 8.68. The highest BCUT2D eigenvalue weighted by molar-refractivity contribution is 7.00. The summed E-state index contributed by atoms with van der Waals surface area (Å²) in [7, 11) is 0. The highest BCUT2D eigenvalue weighted by Gasteiger charge is 2.44. The molecule has 0 aliphatic carbocycles. The Balaban J connectivity index is 1.75. The van der Waals surface area contributed by atoms with Crippen molar-refractivity contribution in [3.8, 4) is 11.1 Å². The fraction of sp³-hybridized carbons (Fsp3) is 0.417. The zero-order chi connectivity index (χ0) is 35.8. The van der Waals surface area contributed by atoms with Crippen molar-refractivity contribution in [3.05, 3.63) is 101 Å². The van der Waals surface area contributed by atoms with E-state index in [0.29, 0.717) is 0 Å². The Morgan fingerprint density at radius 1 is 0.408 bits per heavy atom. The summed E-state index contributed by atoms with van der Waals surface area (Å²) in [5.74, 6) is 0. The Morgan fingerprint density at radius 3 is 1.35 bits per heavy atom. The van der Waals surface area contributed by atoms with Crippen LogP contribution in [0, 0.1) is 0 Å². The quantitative estimate of drug-likeness (QED) is 0.123. The molecule has 1 aliphatic heterocycles. The van der Waals surface area contributed by atoms with Gasteiger partial charge in [0.25, 0.3) is 0 Å². The molecular formula is C48H57B. The largest absolute Gasteiger partial charge is 0.244 e. The molecule has 6 aromatic rings. The van der Waals surface area contributed by atoms with E-state index >= 15 is 0 Å². The first-order valence-corrected chi connectivity index (χ1v) is 18.6. The molecule has 0 unspecified atom stereocenters. The smallest absolute Gasteiger partial charge is 0.0613 e. The van der Waals surface area contributed by atoms with Crippen LogP contribution in [-0.4, -0.2) is 6.71 Å². The molecule has 0 aromatic heterocycles. The van der Waals surface area contributed by atoms with Gasteiger partial charge in [-0.3, -0.25) is 0 Å². The maximum atomic E-state index is 2.59. The van der Waals surface area contributed by atoms with Crippen molar-refractivity contribution in [3.63, 3.8) is 0 Å². The lowest BCUT2D eigenvalue weighted by Crippen LogP contribution is -2.56. The Kier molecular flexibility index (Phi) is 7.25. The molecule has 0 bridgehead atoms. The highest BCUT2D eigenvalue weighted by Crippen LogP contribution is 2.44. The van der Waals surface area contributed by atoms with E-state index in [1.165, 1.54) is 87.6 Å². The number of fused-ring (bicyclic) bond motifs is 4. The van der Waals surface area contributed by atoms with E-state index in [1.54, 1.807) is 0 Å². The third-order valence-corrected chi connectivity index (χ3v) is 11.4. The van der Waals surface area contributed by atoms with Crippen molar-refractivity contribution < 1.29 is 0 Å².